The number of carboxylic acids is 1. The monoisotopic (exact) mass is 505 g/mol. The van der Waals surface area contributed by atoms with E-state index >= 15 is 0 Å². The van der Waals surface area contributed by atoms with Gasteiger partial charge in [-0.15, -0.1) is 11.3 Å². The molecule has 0 unspecified atom stereocenters. The van der Waals surface area contributed by atoms with Gasteiger partial charge in [0.05, 0.1) is 15.6 Å². The third-order valence-corrected chi connectivity index (χ3v) is 9.29. The molecule has 0 aliphatic heterocycles. The van der Waals surface area contributed by atoms with Gasteiger partial charge in [0, 0.05) is 12.3 Å². The van der Waals surface area contributed by atoms with Gasteiger partial charge in [-0.05, 0) is 40.8 Å². The van der Waals surface area contributed by atoms with Gasteiger partial charge < -0.3 is 9.84 Å². The Balaban J connectivity index is 1.38. The number of hydrogen-bond donors (Lipinski definition) is 1. The maximum atomic E-state index is 13.3. The minimum absolute atomic E-state index is 0.0151. The van der Waals surface area contributed by atoms with Gasteiger partial charge in [-0.3, -0.25) is 0 Å². The topological polar surface area (TPSA) is 93.6 Å². The van der Waals surface area contributed by atoms with Gasteiger partial charge in [-0.1, -0.05) is 66.7 Å². The molecule has 0 saturated heterocycles. The number of rotatable bonds is 9. The van der Waals surface area contributed by atoms with Crippen LogP contribution in [0.5, 0.6) is 0 Å². The van der Waals surface area contributed by atoms with Crippen LogP contribution in [0.25, 0.3) is 11.6 Å². The number of allylic oxidation sites excluding steroid dienone is 4. The number of benzene rings is 2. The quantitative estimate of drug-likeness (QED) is 0.479. The molecule has 2 aromatic carbocycles. The van der Waals surface area contributed by atoms with Crippen LogP contribution in [0.3, 0.4) is 0 Å². The summed E-state index contributed by atoms with van der Waals surface area (Å²) in [6, 6.07) is 19.9. The van der Waals surface area contributed by atoms with E-state index in [0.29, 0.717) is 23.9 Å². The summed E-state index contributed by atoms with van der Waals surface area (Å²) in [5, 5.41) is 9.50. The molecule has 0 saturated carbocycles. The van der Waals surface area contributed by atoms with Crippen molar-refractivity contribution in [2.24, 2.45) is 0 Å². The number of hydrogen-bond acceptors (Lipinski definition) is 6. The van der Waals surface area contributed by atoms with E-state index in [9.17, 15) is 13.2 Å². The fraction of sp³-hybridized carbons (Fsp3) is 0.185. The summed E-state index contributed by atoms with van der Waals surface area (Å²) < 4.78 is 32.9. The first-order chi connectivity index (χ1) is 16.9. The van der Waals surface area contributed by atoms with E-state index in [4.69, 9.17) is 9.84 Å². The predicted octanol–water partition coefficient (Wildman–Crippen LogP) is 3.40. The van der Waals surface area contributed by atoms with Crippen molar-refractivity contribution in [3.05, 3.63) is 105 Å². The first-order valence-electron chi connectivity index (χ1n) is 11.2. The van der Waals surface area contributed by atoms with E-state index in [-0.39, 0.29) is 16.0 Å². The first kappa shape index (κ1) is 23.3. The van der Waals surface area contributed by atoms with Crippen LogP contribution in [-0.4, -0.2) is 36.8 Å². The molecule has 3 aromatic rings. The zero-order valence-electron chi connectivity index (χ0n) is 18.8. The predicted molar refractivity (Wildman–Crippen MR) is 135 cm³/mol. The number of aromatic nitrogens is 1. The van der Waals surface area contributed by atoms with Crippen LogP contribution in [-0.2, 0) is 19.4 Å². The van der Waals surface area contributed by atoms with Crippen LogP contribution in [0.4, 0.5) is 0 Å². The van der Waals surface area contributed by atoms with E-state index in [1.807, 2.05) is 72.8 Å². The summed E-state index contributed by atoms with van der Waals surface area (Å²) in [6.45, 7) is -0.417. The number of carbonyl (C=O) groups is 1. The van der Waals surface area contributed by atoms with Crippen LogP contribution >= 0.6 is 11.3 Å². The molecule has 5 rings (SSSR count). The fourth-order valence-electron chi connectivity index (χ4n) is 4.38. The molecule has 8 heteroatoms. The Labute approximate surface area is 207 Å². The standard InChI is InChI=1S/C27H23NO5S2/c29-25(30)17-33-21-12-11-20-15-24-26(23(20)16-21)28-27(34-24)35(31,32)14-13-22(18-7-3-1-4-8-18)19-9-5-2-6-10-19/h1-12,15,22H,13-14,16-17H2,(H,29,30). The molecular formula is C27H23NO5S2. The summed E-state index contributed by atoms with van der Waals surface area (Å²) in [5.41, 5.74) is 3.99. The molecule has 0 spiro atoms. The number of aliphatic carboxylic acids is 1. The summed E-state index contributed by atoms with van der Waals surface area (Å²) in [4.78, 5) is 15.3. The van der Waals surface area contributed by atoms with Crippen molar-refractivity contribution < 1.29 is 23.1 Å². The van der Waals surface area contributed by atoms with E-state index in [2.05, 4.69) is 4.98 Å². The number of sulfone groups is 1. The number of ether oxygens (including phenoxy) is 1. The molecule has 0 bridgehead atoms. The number of fused-ring (bicyclic) bond motifs is 2. The van der Waals surface area contributed by atoms with E-state index in [0.717, 1.165) is 26.8 Å². The smallest absolute Gasteiger partial charge is 0.341 e. The highest BCUT2D eigenvalue weighted by Gasteiger charge is 2.26. The van der Waals surface area contributed by atoms with Gasteiger partial charge in [0.1, 0.15) is 5.76 Å². The van der Waals surface area contributed by atoms with Gasteiger partial charge in [0.2, 0.25) is 14.2 Å². The molecule has 0 amide bonds. The van der Waals surface area contributed by atoms with Crippen molar-refractivity contribution >= 4 is 38.8 Å². The molecule has 1 heterocycles. The molecule has 35 heavy (non-hydrogen) atoms. The minimum Gasteiger partial charge on any atom is -0.486 e. The summed E-state index contributed by atoms with van der Waals surface area (Å²) >= 11 is 1.18. The lowest BCUT2D eigenvalue weighted by molar-refractivity contribution is -0.140. The molecule has 2 aliphatic rings. The molecule has 0 fully saturated rings. The highest BCUT2D eigenvalue weighted by molar-refractivity contribution is 7.93. The van der Waals surface area contributed by atoms with Crippen molar-refractivity contribution in [1.29, 1.82) is 0 Å². The zero-order valence-corrected chi connectivity index (χ0v) is 20.4. The van der Waals surface area contributed by atoms with Crippen molar-refractivity contribution in [2.75, 3.05) is 12.4 Å². The minimum atomic E-state index is -3.59. The van der Waals surface area contributed by atoms with Crippen molar-refractivity contribution in [2.45, 2.75) is 23.1 Å². The molecule has 0 radical (unpaired) electrons. The molecule has 0 atom stereocenters. The number of nitrogens with zero attached hydrogens (tertiary/aromatic N) is 1. The first-order valence-corrected chi connectivity index (χ1v) is 13.7. The average molecular weight is 506 g/mol. The van der Waals surface area contributed by atoms with Gasteiger partial charge in [-0.2, -0.15) is 0 Å². The highest BCUT2D eigenvalue weighted by atomic mass is 32.2. The average Bonchev–Trinajstić information content (AvgIpc) is 3.43. The highest BCUT2D eigenvalue weighted by Crippen LogP contribution is 2.31. The third-order valence-electron chi connectivity index (χ3n) is 6.08. The Hall–Kier alpha value is -3.49. The van der Waals surface area contributed by atoms with E-state index in [1.165, 1.54) is 11.3 Å². The molecule has 178 valence electrons. The SMILES string of the molecule is O=C(O)COC1=CC=C2C=c3sc(S(=O)(=O)CCC(c4ccccc4)c4ccccc4)nc3=C2C1. The molecule has 1 N–H and O–H groups in total. The second-order valence-corrected chi connectivity index (χ2v) is 11.7. The van der Waals surface area contributed by atoms with Crippen molar-refractivity contribution in [1.82, 2.24) is 4.98 Å². The molecule has 1 aromatic heterocycles. The Morgan fingerprint density at radius 1 is 1.03 bits per heavy atom. The van der Waals surface area contributed by atoms with Gasteiger partial charge in [0.25, 0.3) is 0 Å². The molecule has 6 nitrogen and oxygen atoms in total. The maximum Gasteiger partial charge on any atom is 0.341 e. The molecular weight excluding hydrogens is 482 g/mol. The van der Waals surface area contributed by atoms with E-state index < -0.39 is 22.4 Å². The third kappa shape index (κ3) is 4.99. The van der Waals surface area contributed by atoms with Crippen LogP contribution in [0, 0.1) is 0 Å². The van der Waals surface area contributed by atoms with Crippen LogP contribution in [0.2, 0.25) is 0 Å². The fourth-order valence-corrected chi connectivity index (χ4v) is 7.14. The largest absolute Gasteiger partial charge is 0.486 e. The van der Waals surface area contributed by atoms with Crippen LogP contribution in [0.1, 0.15) is 29.9 Å². The second kappa shape index (κ2) is 9.64. The number of carboxylic acid groups (broad SMARTS) is 1. The normalized spacial score (nSPS) is 14.6. The number of thiazole rings is 1. The lowest BCUT2D eigenvalue weighted by Crippen LogP contribution is -2.21. The van der Waals surface area contributed by atoms with Gasteiger partial charge >= 0.3 is 5.97 Å². The summed E-state index contributed by atoms with van der Waals surface area (Å²) in [7, 11) is -3.59. The Kier molecular flexibility index (Phi) is 6.40. The van der Waals surface area contributed by atoms with Crippen molar-refractivity contribution in [3.8, 4) is 0 Å². The van der Waals surface area contributed by atoms with Crippen LogP contribution in [0.15, 0.2) is 88.5 Å². The Morgan fingerprint density at radius 2 is 1.69 bits per heavy atom. The Morgan fingerprint density at radius 3 is 2.31 bits per heavy atom. The summed E-state index contributed by atoms with van der Waals surface area (Å²) in [6.07, 6.45) is 6.36. The van der Waals surface area contributed by atoms with Crippen LogP contribution < -0.4 is 9.88 Å². The molecule has 2 aliphatic carbocycles. The van der Waals surface area contributed by atoms with Crippen molar-refractivity contribution in [3.63, 3.8) is 0 Å². The second-order valence-electron chi connectivity index (χ2n) is 8.41. The summed E-state index contributed by atoms with van der Waals surface area (Å²) in [5.74, 6) is -0.570. The lowest BCUT2D eigenvalue weighted by atomic mass is 9.89. The van der Waals surface area contributed by atoms with E-state index in [1.54, 1.807) is 6.08 Å². The lowest BCUT2D eigenvalue weighted by Gasteiger charge is -2.18. The Bertz CT molecular complexity index is 1510. The maximum absolute atomic E-state index is 13.3. The van der Waals surface area contributed by atoms with Gasteiger partial charge in [-0.25, -0.2) is 18.2 Å². The zero-order chi connectivity index (χ0) is 24.4. The van der Waals surface area contributed by atoms with Gasteiger partial charge in [0.15, 0.2) is 6.61 Å².